The van der Waals surface area contributed by atoms with E-state index in [4.69, 9.17) is 0 Å². The van der Waals surface area contributed by atoms with E-state index in [2.05, 4.69) is 10.6 Å². The summed E-state index contributed by atoms with van der Waals surface area (Å²) in [6, 6.07) is 0. The third-order valence-corrected chi connectivity index (χ3v) is 4.21. The van der Waals surface area contributed by atoms with Crippen LogP contribution in [-0.2, 0) is 14.4 Å². The first-order chi connectivity index (χ1) is 9.03. The Labute approximate surface area is 111 Å². The zero-order chi connectivity index (χ0) is 13.9. The van der Waals surface area contributed by atoms with E-state index in [1.54, 1.807) is 0 Å². The molecule has 19 heavy (non-hydrogen) atoms. The maximum absolute atomic E-state index is 11.9. The van der Waals surface area contributed by atoms with Crippen LogP contribution >= 0.6 is 0 Å². The summed E-state index contributed by atoms with van der Waals surface area (Å²) in [4.78, 5) is 34.4. The molecule has 2 rings (SSSR count). The van der Waals surface area contributed by atoms with Crippen LogP contribution in [0.25, 0.3) is 0 Å². The first kappa shape index (κ1) is 13.8. The Morgan fingerprint density at radius 1 is 1.32 bits per heavy atom. The summed E-state index contributed by atoms with van der Waals surface area (Å²) >= 11 is 0. The highest BCUT2D eigenvalue weighted by Crippen LogP contribution is 2.36. The topological polar surface area (TPSA) is 95.5 Å². The van der Waals surface area contributed by atoms with Gasteiger partial charge < -0.3 is 15.7 Å². The molecule has 106 valence electrons. The maximum Gasteiger partial charge on any atom is 0.311 e. The number of aliphatic carboxylic acids is 1. The van der Waals surface area contributed by atoms with Crippen molar-refractivity contribution in [3.05, 3.63) is 0 Å². The molecule has 1 saturated carbocycles. The first-order valence-electron chi connectivity index (χ1n) is 6.81. The summed E-state index contributed by atoms with van der Waals surface area (Å²) in [5.41, 5.74) is -0.816. The fourth-order valence-electron chi connectivity index (χ4n) is 2.89. The van der Waals surface area contributed by atoms with Gasteiger partial charge in [-0.05, 0) is 12.8 Å². The maximum atomic E-state index is 11.9. The van der Waals surface area contributed by atoms with E-state index < -0.39 is 11.4 Å². The smallest absolute Gasteiger partial charge is 0.311 e. The van der Waals surface area contributed by atoms with Crippen molar-refractivity contribution >= 4 is 17.8 Å². The lowest BCUT2D eigenvalue weighted by atomic mass is 9.74. The predicted molar refractivity (Wildman–Crippen MR) is 67.3 cm³/mol. The Morgan fingerprint density at radius 3 is 2.53 bits per heavy atom. The van der Waals surface area contributed by atoms with Crippen molar-refractivity contribution in [1.82, 2.24) is 10.6 Å². The molecule has 0 aromatic heterocycles. The Balaban J connectivity index is 1.90. The Hall–Kier alpha value is -1.59. The van der Waals surface area contributed by atoms with E-state index in [9.17, 15) is 19.5 Å². The molecule has 0 aromatic carbocycles. The van der Waals surface area contributed by atoms with Crippen molar-refractivity contribution in [2.24, 2.45) is 11.3 Å². The van der Waals surface area contributed by atoms with Gasteiger partial charge in [0, 0.05) is 19.5 Å². The highest BCUT2D eigenvalue weighted by molar-refractivity contribution is 5.89. The molecule has 1 heterocycles. The molecule has 2 amide bonds. The van der Waals surface area contributed by atoms with E-state index in [1.165, 1.54) is 0 Å². The van der Waals surface area contributed by atoms with E-state index in [1.807, 2.05) is 0 Å². The van der Waals surface area contributed by atoms with Crippen molar-refractivity contribution < 1.29 is 19.5 Å². The zero-order valence-corrected chi connectivity index (χ0v) is 10.9. The number of hydrogen-bond acceptors (Lipinski definition) is 3. The van der Waals surface area contributed by atoms with Gasteiger partial charge in [-0.15, -0.1) is 0 Å². The van der Waals surface area contributed by atoms with Crippen LogP contribution in [0.5, 0.6) is 0 Å². The SMILES string of the molecule is O=C1CC(C(=O)NCC2(C(=O)O)CCCCC2)CN1. The van der Waals surface area contributed by atoms with E-state index in [-0.39, 0.29) is 30.7 Å². The first-order valence-corrected chi connectivity index (χ1v) is 6.81. The monoisotopic (exact) mass is 268 g/mol. The molecule has 6 heteroatoms. The number of carboxylic acid groups (broad SMARTS) is 1. The van der Waals surface area contributed by atoms with Crippen LogP contribution in [0.3, 0.4) is 0 Å². The molecule has 0 spiro atoms. The molecular weight excluding hydrogens is 248 g/mol. The van der Waals surface area contributed by atoms with E-state index >= 15 is 0 Å². The average Bonchev–Trinajstić information content (AvgIpc) is 2.83. The number of hydrogen-bond donors (Lipinski definition) is 3. The van der Waals surface area contributed by atoms with Crippen molar-refractivity contribution in [3.63, 3.8) is 0 Å². The van der Waals surface area contributed by atoms with Crippen molar-refractivity contribution in [3.8, 4) is 0 Å². The molecule has 1 aliphatic heterocycles. The summed E-state index contributed by atoms with van der Waals surface area (Å²) in [5.74, 6) is -1.52. The molecule has 2 aliphatic rings. The zero-order valence-electron chi connectivity index (χ0n) is 10.9. The molecule has 1 atom stereocenters. The highest BCUT2D eigenvalue weighted by Gasteiger charge is 2.40. The minimum absolute atomic E-state index is 0.120. The van der Waals surface area contributed by atoms with Gasteiger partial charge in [-0.3, -0.25) is 14.4 Å². The van der Waals surface area contributed by atoms with Gasteiger partial charge in [0.05, 0.1) is 11.3 Å². The largest absolute Gasteiger partial charge is 0.481 e. The lowest BCUT2D eigenvalue weighted by Crippen LogP contribution is -2.46. The van der Waals surface area contributed by atoms with Gasteiger partial charge in [-0.25, -0.2) is 0 Å². The molecule has 0 bridgehead atoms. The minimum atomic E-state index is -0.826. The summed E-state index contributed by atoms with van der Waals surface area (Å²) in [6.07, 6.45) is 4.28. The molecule has 1 aliphatic carbocycles. The van der Waals surface area contributed by atoms with Gasteiger partial charge in [0.25, 0.3) is 0 Å². The Kier molecular flexibility index (Phi) is 4.07. The van der Waals surface area contributed by atoms with Crippen molar-refractivity contribution in [2.45, 2.75) is 38.5 Å². The van der Waals surface area contributed by atoms with Crippen LogP contribution in [0.4, 0.5) is 0 Å². The van der Waals surface area contributed by atoms with Crippen molar-refractivity contribution in [1.29, 1.82) is 0 Å². The molecule has 3 N–H and O–H groups in total. The van der Waals surface area contributed by atoms with Gasteiger partial charge in [-0.2, -0.15) is 0 Å². The minimum Gasteiger partial charge on any atom is -0.481 e. The molecule has 0 aromatic rings. The van der Waals surface area contributed by atoms with Crippen LogP contribution in [-0.4, -0.2) is 36.0 Å². The second-order valence-electron chi connectivity index (χ2n) is 5.57. The van der Waals surface area contributed by atoms with Crippen LogP contribution in [0.2, 0.25) is 0 Å². The quantitative estimate of drug-likeness (QED) is 0.682. The summed E-state index contributed by atoms with van der Waals surface area (Å²) < 4.78 is 0. The average molecular weight is 268 g/mol. The summed E-state index contributed by atoms with van der Waals surface area (Å²) in [6.45, 7) is 0.524. The Morgan fingerprint density at radius 2 is 2.00 bits per heavy atom. The number of carboxylic acids is 1. The Bertz CT molecular complexity index is 388. The van der Waals surface area contributed by atoms with Gasteiger partial charge in [-0.1, -0.05) is 19.3 Å². The van der Waals surface area contributed by atoms with E-state index in [0.29, 0.717) is 19.4 Å². The van der Waals surface area contributed by atoms with E-state index in [0.717, 1.165) is 19.3 Å². The molecule has 2 fully saturated rings. The van der Waals surface area contributed by atoms with Gasteiger partial charge in [0.15, 0.2) is 0 Å². The van der Waals surface area contributed by atoms with Crippen LogP contribution in [0.1, 0.15) is 38.5 Å². The number of carbonyl (C=O) groups excluding carboxylic acids is 2. The summed E-state index contributed by atoms with van der Waals surface area (Å²) in [5, 5.41) is 14.7. The molecule has 6 nitrogen and oxygen atoms in total. The van der Waals surface area contributed by atoms with Crippen LogP contribution in [0, 0.1) is 11.3 Å². The molecule has 1 saturated heterocycles. The van der Waals surface area contributed by atoms with Crippen molar-refractivity contribution in [2.75, 3.05) is 13.1 Å². The lowest BCUT2D eigenvalue weighted by molar-refractivity contribution is -0.151. The number of rotatable bonds is 4. The molecular formula is C13H20N2O4. The predicted octanol–water partition coefficient (Wildman–Crippen LogP) is 0.274. The molecule has 0 radical (unpaired) electrons. The number of amides is 2. The fourth-order valence-corrected chi connectivity index (χ4v) is 2.89. The normalized spacial score (nSPS) is 25.7. The van der Waals surface area contributed by atoms with Gasteiger partial charge in [0.2, 0.25) is 11.8 Å². The van der Waals surface area contributed by atoms with Gasteiger partial charge >= 0.3 is 5.97 Å². The molecule has 1 unspecified atom stereocenters. The lowest BCUT2D eigenvalue weighted by Gasteiger charge is -2.33. The van der Waals surface area contributed by atoms with Gasteiger partial charge in [0.1, 0.15) is 0 Å². The second-order valence-corrected chi connectivity index (χ2v) is 5.57. The summed E-state index contributed by atoms with van der Waals surface area (Å²) in [7, 11) is 0. The number of carbonyl (C=O) groups is 3. The van der Waals surface area contributed by atoms with Crippen LogP contribution in [0.15, 0.2) is 0 Å². The third kappa shape index (κ3) is 3.05. The number of nitrogens with one attached hydrogen (secondary N) is 2. The second kappa shape index (κ2) is 5.59. The third-order valence-electron chi connectivity index (χ3n) is 4.21. The fraction of sp³-hybridized carbons (Fsp3) is 0.769. The highest BCUT2D eigenvalue weighted by atomic mass is 16.4. The standard InChI is InChI=1S/C13H20N2O4/c16-10-6-9(7-14-10)11(17)15-8-13(12(18)19)4-2-1-3-5-13/h9H,1-8H2,(H,14,16)(H,15,17)(H,18,19). The van der Waals surface area contributed by atoms with Crippen LogP contribution < -0.4 is 10.6 Å².